The van der Waals surface area contributed by atoms with E-state index in [0.717, 1.165) is 64.2 Å². The topological polar surface area (TPSA) is 163 Å². The number of carboxylic acids is 2. The smallest absolute Gasteiger partial charge is 0.336 e. The molecule has 9 nitrogen and oxygen atoms in total. The molecule has 290 valence electrons. The zero-order chi connectivity index (χ0) is 37.5. The van der Waals surface area contributed by atoms with Crippen LogP contribution in [-0.4, -0.2) is 51.4 Å². The van der Waals surface area contributed by atoms with Crippen LogP contribution in [0.3, 0.4) is 0 Å². The van der Waals surface area contributed by atoms with Crippen molar-refractivity contribution in [1.82, 2.24) is 0 Å². The lowest BCUT2D eigenvalue weighted by atomic mass is 9.81. The number of ketones is 2. The normalized spacial score (nSPS) is 13.9. The second kappa shape index (κ2) is 30.3. The van der Waals surface area contributed by atoms with Crippen LogP contribution in [0.15, 0.2) is 24.3 Å². The summed E-state index contributed by atoms with van der Waals surface area (Å²) >= 11 is 0. The van der Waals surface area contributed by atoms with Gasteiger partial charge in [-0.2, -0.15) is 8.42 Å². The number of allylic oxidation sites excluding steroid dienone is 4. The van der Waals surface area contributed by atoms with Crippen LogP contribution in [0.1, 0.15) is 194 Å². The van der Waals surface area contributed by atoms with E-state index in [0.29, 0.717) is 12.8 Å². The van der Waals surface area contributed by atoms with E-state index in [1.54, 1.807) is 0 Å². The highest BCUT2D eigenvalue weighted by atomic mass is 32.2. The fourth-order valence-corrected chi connectivity index (χ4v) is 7.54. The minimum atomic E-state index is -5.81. The van der Waals surface area contributed by atoms with Crippen molar-refractivity contribution < 1.29 is 42.4 Å². The lowest BCUT2D eigenvalue weighted by Gasteiger charge is -2.29. The van der Waals surface area contributed by atoms with Crippen molar-refractivity contribution >= 4 is 33.6 Å². The molecule has 0 radical (unpaired) electrons. The van der Waals surface area contributed by atoms with E-state index in [1.807, 2.05) is 0 Å². The molecule has 50 heavy (non-hydrogen) atoms. The van der Waals surface area contributed by atoms with Gasteiger partial charge in [0, 0.05) is 12.8 Å². The molecular formula is C40H70O9S. The van der Waals surface area contributed by atoms with Crippen molar-refractivity contribution in [1.29, 1.82) is 0 Å². The van der Waals surface area contributed by atoms with Crippen LogP contribution in [0.2, 0.25) is 0 Å². The molecular weight excluding hydrogens is 656 g/mol. The molecule has 10 heteroatoms. The Morgan fingerprint density at radius 1 is 0.520 bits per heavy atom. The van der Waals surface area contributed by atoms with Crippen molar-refractivity contribution in [3.05, 3.63) is 24.3 Å². The van der Waals surface area contributed by atoms with E-state index >= 15 is 0 Å². The maximum atomic E-state index is 13.2. The SMILES string of the molecule is CCCCCCCCC=CCCCCCCCC(=O)C(C(=O)O)C(C(=O)O)(C(=O)CCCCCCCC=CCCCCCCCC)S(=O)(=O)O. The van der Waals surface area contributed by atoms with Crippen LogP contribution in [0.25, 0.3) is 0 Å². The third-order valence-electron chi connectivity index (χ3n) is 9.46. The summed E-state index contributed by atoms with van der Waals surface area (Å²) < 4.78 is 31.2. The summed E-state index contributed by atoms with van der Waals surface area (Å²) in [5.74, 6) is -9.80. The second-order valence-corrected chi connectivity index (χ2v) is 15.4. The Morgan fingerprint density at radius 2 is 0.840 bits per heavy atom. The van der Waals surface area contributed by atoms with E-state index in [-0.39, 0.29) is 12.8 Å². The molecule has 0 rings (SSSR count). The van der Waals surface area contributed by atoms with E-state index in [4.69, 9.17) is 0 Å². The van der Waals surface area contributed by atoms with Gasteiger partial charge in [-0.15, -0.1) is 0 Å². The maximum Gasteiger partial charge on any atom is 0.336 e. The van der Waals surface area contributed by atoms with Crippen molar-refractivity contribution in [3.8, 4) is 0 Å². The Hall–Kier alpha value is -2.33. The monoisotopic (exact) mass is 726 g/mol. The predicted octanol–water partition coefficient (Wildman–Crippen LogP) is 10.6. The molecule has 0 aliphatic carbocycles. The molecule has 0 aliphatic rings. The van der Waals surface area contributed by atoms with Gasteiger partial charge in [-0.1, -0.05) is 141 Å². The van der Waals surface area contributed by atoms with Gasteiger partial charge in [-0.05, 0) is 64.2 Å². The molecule has 0 amide bonds. The molecule has 0 saturated heterocycles. The fourth-order valence-electron chi connectivity index (χ4n) is 6.40. The van der Waals surface area contributed by atoms with Crippen LogP contribution in [0, 0.1) is 5.92 Å². The summed E-state index contributed by atoms with van der Waals surface area (Å²) in [4.78, 5) is 50.8. The zero-order valence-electron chi connectivity index (χ0n) is 31.4. The minimum Gasteiger partial charge on any atom is -0.481 e. The summed E-state index contributed by atoms with van der Waals surface area (Å²) in [6.07, 6.45) is 33.6. The standard InChI is InChI=1S/C40H70O9S/c1-3-5-7-9-11-13-15-17-19-21-23-25-27-29-31-33-35(41)37(38(43)44)40(39(45)46,50(47,48)49)36(42)34-32-30-28-26-24-22-20-18-16-14-12-10-8-6-4-2/h17-20,37H,3-16,21-34H2,1-2H3,(H,43,44)(H,45,46)(H,47,48,49). The average Bonchev–Trinajstić information content (AvgIpc) is 3.05. The Kier molecular flexibility index (Phi) is 28.9. The van der Waals surface area contributed by atoms with Gasteiger partial charge in [-0.3, -0.25) is 18.9 Å². The lowest BCUT2D eigenvalue weighted by Crippen LogP contribution is -2.62. The molecule has 0 fully saturated rings. The van der Waals surface area contributed by atoms with Crippen molar-refractivity contribution in [2.75, 3.05) is 0 Å². The first-order chi connectivity index (χ1) is 24.0. The quantitative estimate of drug-likeness (QED) is 0.0247. The van der Waals surface area contributed by atoms with E-state index in [1.165, 1.54) is 77.0 Å². The molecule has 3 N–H and O–H groups in total. The van der Waals surface area contributed by atoms with Gasteiger partial charge >= 0.3 is 11.9 Å². The average molecular weight is 727 g/mol. The number of aliphatic carboxylic acids is 2. The van der Waals surface area contributed by atoms with Gasteiger partial charge in [0.25, 0.3) is 14.9 Å². The highest BCUT2D eigenvalue weighted by molar-refractivity contribution is 7.89. The number of carbonyl (C=O) groups excluding carboxylic acids is 2. The fraction of sp³-hybridized carbons (Fsp3) is 0.800. The number of rotatable bonds is 36. The van der Waals surface area contributed by atoms with Gasteiger partial charge in [0.2, 0.25) is 0 Å². The highest BCUT2D eigenvalue weighted by Crippen LogP contribution is 2.33. The van der Waals surface area contributed by atoms with Crippen molar-refractivity contribution in [2.45, 2.75) is 198 Å². The minimum absolute atomic E-state index is 0.117. The Bertz CT molecular complexity index is 1100. The summed E-state index contributed by atoms with van der Waals surface area (Å²) in [6, 6.07) is 0. The predicted molar refractivity (Wildman–Crippen MR) is 202 cm³/mol. The summed E-state index contributed by atoms with van der Waals surface area (Å²) in [5, 5.41) is 19.8. The van der Waals surface area contributed by atoms with Crippen molar-refractivity contribution in [3.63, 3.8) is 0 Å². The Morgan fingerprint density at radius 3 is 1.16 bits per heavy atom. The van der Waals surface area contributed by atoms with Gasteiger partial charge in [0.1, 0.15) is 5.78 Å². The van der Waals surface area contributed by atoms with Crippen LogP contribution in [0.5, 0.6) is 0 Å². The molecule has 0 spiro atoms. The lowest BCUT2D eigenvalue weighted by molar-refractivity contribution is -0.159. The Labute approximate surface area is 303 Å². The molecule has 2 atom stereocenters. The summed E-state index contributed by atoms with van der Waals surface area (Å²) in [7, 11) is -5.81. The number of hydrogen-bond donors (Lipinski definition) is 3. The van der Waals surface area contributed by atoms with Crippen molar-refractivity contribution in [2.24, 2.45) is 5.92 Å². The highest BCUT2D eigenvalue weighted by Gasteiger charge is 2.66. The number of carbonyl (C=O) groups is 4. The molecule has 0 bridgehead atoms. The van der Waals surface area contributed by atoms with Crippen LogP contribution in [-0.2, 0) is 29.3 Å². The molecule has 0 heterocycles. The van der Waals surface area contributed by atoms with Gasteiger partial charge < -0.3 is 10.2 Å². The molecule has 2 unspecified atom stereocenters. The molecule has 0 saturated carbocycles. The van der Waals surface area contributed by atoms with Crippen LogP contribution < -0.4 is 0 Å². The van der Waals surface area contributed by atoms with Gasteiger partial charge in [-0.25, -0.2) is 4.79 Å². The summed E-state index contributed by atoms with van der Waals surface area (Å²) in [5.41, 5.74) is 0. The second-order valence-electron chi connectivity index (χ2n) is 13.8. The molecule has 0 aromatic heterocycles. The molecule has 0 aromatic rings. The first-order valence-corrected chi connectivity index (χ1v) is 21.2. The van der Waals surface area contributed by atoms with Gasteiger partial charge in [0.15, 0.2) is 11.7 Å². The molecule has 0 aliphatic heterocycles. The first kappa shape index (κ1) is 47.7. The zero-order valence-corrected chi connectivity index (χ0v) is 32.2. The largest absolute Gasteiger partial charge is 0.481 e. The van der Waals surface area contributed by atoms with Gasteiger partial charge in [0.05, 0.1) is 0 Å². The third kappa shape index (κ3) is 20.5. The van der Waals surface area contributed by atoms with E-state index in [9.17, 15) is 42.4 Å². The maximum absolute atomic E-state index is 13.2. The number of Topliss-reactive ketones (excluding diaryl/α,β-unsaturated/α-hetero) is 2. The van der Waals surface area contributed by atoms with Crippen LogP contribution >= 0.6 is 0 Å². The first-order valence-electron chi connectivity index (χ1n) is 19.8. The Balaban J connectivity index is 4.73. The molecule has 0 aromatic carbocycles. The van der Waals surface area contributed by atoms with E-state index in [2.05, 4.69) is 38.2 Å². The third-order valence-corrected chi connectivity index (χ3v) is 10.9. The summed E-state index contributed by atoms with van der Waals surface area (Å²) in [6.45, 7) is 4.42. The number of carboxylic acid groups (broad SMARTS) is 2. The van der Waals surface area contributed by atoms with E-state index < -0.39 is 57.1 Å². The number of hydrogen-bond acceptors (Lipinski definition) is 6. The number of unbranched alkanes of at least 4 members (excludes halogenated alkanes) is 22. The van der Waals surface area contributed by atoms with Crippen LogP contribution in [0.4, 0.5) is 0 Å².